The van der Waals surface area contributed by atoms with Crippen molar-refractivity contribution in [1.29, 1.82) is 0 Å². The zero-order valence-electron chi connectivity index (χ0n) is 9.60. The third-order valence-corrected chi connectivity index (χ3v) is 3.71. The number of hydrogen-bond donors (Lipinski definition) is 1. The second kappa shape index (κ2) is 4.82. The predicted octanol–water partition coefficient (Wildman–Crippen LogP) is 3.44. The number of aromatic amines is 1. The first kappa shape index (κ1) is 12.4. The number of halogens is 2. The van der Waals surface area contributed by atoms with Crippen LogP contribution < -0.4 is 0 Å². The molecular formula is C12H8BrFN4S. The van der Waals surface area contributed by atoms with E-state index in [-0.39, 0.29) is 5.82 Å². The van der Waals surface area contributed by atoms with Crippen molar-refractivity contribution in [3.05, 3.63) is 51.5 Å². The van der Waals surface area contributed by atoms with E-state index in [9.17, 15) is 4.39 Å². The first-order chi connectivity index (χ1) is 9.15. The predicted molar refractivity (Wildman–Crippen MR) is 75.9 cm³/mol. The summed E-state index contributed by atoms with van der Waals surface area (Å²) < 4.78 is 16.4. The molecule has 0 saturated carbocycles. The minimum atomic E-state index is -0.321. The molecule has 1 N–H and O–H groups in total. The molecule has 3 aromatic rings. The van der Waals surface area contributed by atoms with Crippen LogP contribution in [0.25, 0.3) is 11.0 Å². The van der Waals surface area contributed by atoms with E-state index in [2.05, 4.69) is 30.9 Å². The van der Waals surface area contributed by atoms with E-state index >= 15 is 0 Å². The standard InChI is InChI=1S/C12H8BrFN4S/c13-8-3-10-11(4-9(8)14)18(12(19)17-10)5-7-1-2-15-6-16-7/h1-4,6H,5H2,(H,17,19). The molecule has 0 saturated heterocycles. The molecule has 0 unspecified atom stereocenters. The summed E-state index contributed by atoms with van der Waals surface area (Å²) in [5.74, 6) is -0.321. The number of H-pyrrole nitrogens is 1. The summed E-state index contributed by atoms with van der Waals surface area (Å²) in [5, 5.41) is 0. The van der Waals surface area contributed by atoms with Gasteiger partial charge in [0, 0.05) is 12.3 Å². The first-order valence-corrected chi connectivity index (χ1v) is 6.68. The number of nitrogens with one attached hydrogen (secondary N) is 1. The lowest BCUT2D eigenvalue weighted by Gasteiger charge is -2.04. The normalized spacial score (nSPS) is 11.1. The zero-order valence-corrected chi connectivity index (χ0v) is 12.0. The Labute approximate surface area is 121 Å². The van der Waals surface area contributed by atoms with Crippen molar-refractivity contribution in [2.45, 2.75) is 6.54 Å². The minimum absolute atomic E-state index is 0.321. The molecule has 96 valence electrons. The van der Waals surface area contributed by atoms with Crippen molar-refractivity contribution < 1.29 is 4.39 Å². The molecule has 0 aliphatic rings. The quantitative estimate of drug-likeness (QED) is 0.728. The van der Waals surface area contributed by atoms with E-state index in [1.807, 2.05) is 4.57 Å². The monoisotopic (exact) mass is 338 g/mol. The number of rotatable bonds is 2. The molecule has 0 aliphatic heterocycles. The van der Waals surface area contributed by atoms with Crippen LogP contribution in [0, 0.1) is 10.6 Å². The third-order valence-electron chi connectivity index (χ3n) is 2.78. The lowest BCUT2D eigenvalue weighted by molar-refractivity contribution is 0.621. The van der Waals surface area contributed by atoms with Crippen LogP contribution >= 0.6 is 28.1 Å². The van der Waals surface area contributed by atoms with Crippen molar-refractivity contribution in [2.24, 2.45) is 0 Å². The Balaban J connectivity index is 2.16. The van der Waals surface area contributed by atoms with Crippen LogP contribution in [0.1, 0.15) is 5.69 Å². The Kier molecular flexibility index (Phi) is 3.16. The van der Waals surface area contributed by atoms with Gasteiger partial charge in [-0.1, -0.05) is 0 Å². The lowest BCUT2D eigenvalue weighted by Crippen LogP contribution is -2.02. The highest BCUT2D eigenvalue weighted by Crippen LogP contribution is 2.23. The molecule has 0 spiro atoms. The van der Waals surface area contributed by atoms with Gasteiger partial charge in [-0.25, -0.2) is 14.4 Å². The Bertz CT molecular complexity index is 797. The molecule has 0 aliphatic carbocycles. The summed E-state index contributed by atoms with van der Waals surface area (Å²) in [5.41, 5.74) is 2.31. The maximum absolute atomic E-state index is 13.6. The van der Waals surface area contributed by atoms with Crippen LogP contribution in [0.4, 0.5) is 4.39 Å². The topological polar surface area (TPSA) is 46.5 Å². The molecule has 2 heterocycles. The number of hydrogen-bond acceptors (Lipinski definition) is 3. The van der Waals surface area contributed by atoms with Gasteiger partial charge >= 0.3 is 0 Å². The van der Waals surface area contributed by atoms with Gasteiger partial charge < -0.3 is 9.55 Å². The zero-order chi connectivity index (χ0) is 13.4. The summed E-state index contributed by atoms with van der Waals surface area (Å²) in [6.45, 7) is 0.475. The molecule has 7 heteroatoms. The van der Waals surface area contributed by atoms with E-state index in [1.165, 1.54) is 12.4 Å². The van der Waals surface area contributed by atoms with Gasteiger partial charge in [0.05, 0.1) is 27.7 Å². The van der Waals surface area contributed by atoms with Crippen LogP contribution in [0.15, 0.2) is 35.2 Å². The second-order valence-electron chi connectivity index (χ2n) is 4.00. The Morgan fingerprint density at radius 3 is 3.00 bits per heavy atom. The molecule has 0 atom stereocenters. The van der Waals surface area contributed by atoms with Crippen LogP contribution in [0.3, 0.4) is 0 Å². The van der Waals surface area contributed by atoms with Crippen LogP contribution in [0.2, 0.25) is 0 Å². The molecule has 0 bridgehead atoms. The smallest absolute Gasteiger partial charge is 0.178 e. The second-order valence-corrected chi connectivity index (χ2v) is 5.24. The molecule has 4 nitrogen and oxygen atoms in total. The molecular weight excluding hydrogens is 331 g/mol. The summed E-state index contributed by atoms with van der Waals surface area (Å²) in [6.07, 6.45) is 3.14. The third kappa shape index (κ3) is 2.31. The maximum atomic E-state index is 13.6. The lowest BCUT2D eigenvalue weighted by atomic mass is 10.3. The van der Waals surface area contributed by atoms with Crippen molar-refractivity contribution in [1.82, 2.24) is 19.5 Å². The highest BCUT2D eigenvalue weighted by Gasteiger charge is 2.09. The Morgan fingerprint density at radius 2 is 2.26 bits per heavy atom. The molecule has 0 fully saturated rings. The average Bonchev–Trinajstić information content (AvgIpc) is 2.68. The number of benzene rings is 1. The van der Waals surface area contributed by atoms with Crippen LogP contribution in [-0.4, -0.2) is 19.5 Å². The van der Waals surface area contributed by atoms with E-state index in [4.69, 9.17) is 12.2 Å². The molecule has 1 aromatic carbocycles. The molecule has 3 rings (SSSR count). The SMILES string of the molecule is Fc1cc2c(cc1Br)[nH]c(=S)n2Cc1ccncn1. The molecule has 0 radical (unpaired) electrons. The Hall–Kier alpha value is -1.60. The summed E-state index contributed by atoms with van der Waals surface area (Å²) >= 11 is 8.42. The number of aromatic nitrogens is 4. The summed E-state index contributed by atoms with van der Waals surface area (Å²) in [7, 11) is 0. The van der Waals surface area contributed by atoms with Crippen molar-refractivity contribution >= 4 is 39.2 Å². The van der Waals surface area contributed by atoms with E-state index in [0.717, 1.165) is 11.2 Å². The van der Waals surface area contributed by atoms with Gasteiger partial charge in [-0.05, 0) is 40.3 Å². The fraction of sp³-hybridized carbons (Fsp3) is 0.0833. The number of nitrogens with zero attached hydrogens (tertiary/aromatic N) is 3. The van der Waals surface area contributed by atoms with Crippen molar-refractivity contribution in [3.63, 3.8) is 0 Å². The van der Waals surface area contributed by atoms with Gasteiger partial charge in [0.1, 0.15) is 12.1 Å². The van der Waals surface area contributed by atoms with E-state index < -0.39 is 0 Å². The van der Waals surface area contributed by atoms with Gasteiger partial charge in [-0.2, -0.15) is 0 Å². The molecule has 19 heavy (non-hydrogen) atoms. The fourth-order valence-corrected chi connectivity index (χ4v) is 2.50. The summed E-state index contributed by atoms with van der Waals surface area (Å²) in [6, 6.07) is 4.93. The van der Waals surface area contributed by atoms with Gasteiger partial charge in [0.2, 0.25) is 0 Å². The highest BCUT2D eigenvalue weighted by molar-refractivity contribution is 9.10. The van der Waals surface area contributed by atoms with Gasteiger partial charge in [0.25, 0.3) is 0 Å². The number of fused-ring (bicyclic) bond motifs is 1. The van der Waals surface area contributed by atoms with Crippen molar-refractivity contribution in [2.75, 3.05) is 0 Å². The molecule has 0 amide bonds. The van der Waals surface area contributed by atoms with Crippen LogP contribution in [0.5, 0.6) is 0 Å². The van der Waals surface area contributed by atoms with Gasteiger partial charge in [-0.15, -0.1) is 0 Å². The van der Waals surface area contributed by atoms with Gasteiger partial charge in [0.15, 0.2) is 4.77 Å². The van der Waals surface area contributed by atoms with E-state index in [1.54, 1.807) is 18.3 Å². The number of imidazole rings is 1. The average molecular weight is 339 g/mol. The van der Waals surface area contributed by atoms with Crippen LogP contribution in [-0.2, 0) is 6.54 Å². The Morgan fingerprint density at radius 1 is 1.42 bits per heavy atom. The maximum Gasteiger partial charge on any atom is 0.178 e. The first-order valence-electron chi connectivity index (χ1n) is 5.47. The van der Waals surface area contributed by atoms with E-state index in [0.29, 0.717) is 21.3 Å². The van der Waals surface area contributed by atoms with Crippen molar-refractivity contribution in [3.8, 4) is 0 Å². The largest absolute Gasteiger partial charge is 0.331 e. The molecule has 2 aromatic heterocycles. The van der Waals surface area contributed by atoms with Gasteiger partial charge in [-0.3, -0.25) is 0 Å². The highest BCUT2D eigenvalue weighted by atomic mass is 79.9. The summed E-state index contributed by atoms with van der Waals surface area (Å²) in [4.78, 5) is 11.1. The fourth-order valence-electron chi connectivity index (χ4n) is 1.88. The minimum Gasteiger partial charge on any atom is -0.331 e.